The first-order valence-electron chi connectivity index (χ1n) is 8.05. The molecule has 1 N–H and O–H groups in total. The Balaban J connectivity index is 1.95. The summed E-state index contributed by atoms with van der Waals surface area (Å²) in [5.41, 5.74) is 0.875. The van der Waals surface area contributed by atoms with Crippen LogP contribution in [0.5, 0.6) is 11.5 Å². The lowest BCUT2D eigenvalue weighted by Gasteiger charge is -2.12. The molecule has 0 radical (unpaired) electrons. The van der Waals surface area contributed by atoms with Crippen molar-refractivity contribution in [3.05, 3.63) is 54.1 Å². The first-order chi connectivity index (χ1) is 12.1. The van der Waals surface area contributed by atoms with E-state index < -0.39 is 5.97 Å². The van der Waals surface area contributed by atoms with Crippen LogP contribution in [-0.4, -0.2) is 31.7 Å². The molecule has 6 nitrogen and oxygen atoms in total. The lowest BCUT2D eigenvalue weighted by atomic mass is 10.2. The number of carbonyl (C=O) groups is 2. The van der Waals surface area contributed by atoms with Gasteiger partial charge in [-0.1, -0.05) is 18.2 Å². The summed E-state index contributed by atoms with van der Waals surface area (Å²) in [6.45, 7) is 4.24. The SMILES string of the molecule is CCOC(=O)c1cccc(NC(=O)COc2ccccc2OCC)c1. The zero-order valence-corrected chi connectivity index (χ0v) is 14.3. The molecule has 132 valence electrons. The highest BCUT2D eigenvalue weighted by atomic mass is 16.5. The minimum Gasteiger partial charge on any atom is -0.490 e. The van der Waals surface area contributed by atoms with Crippen molar-refractivity contribution >= 4 is 17.6 Å². The average molecular weight is 343 g/mol. The summed E-state index contributed by atoms with van der Waals surface area (Å²) in [4.78, 5) is 23.8. The molecule has 0 spiro atoms. The van der Waals surface area contributed by atoms with E-state index in [0.29, 0.717) is 36.0 Å². The number of benzene rings is 2. The standard InChI is InChI=1S/C19H21NO5/c1-3-23-16-10-5-6-11-17(16)25-13-18(21)20-15-9-7-8-14(12-15)19(22)24-4-2/h5-12H,3-4,13H2,1-2H3,(H,20,21). The predicted octanol–water partition coefficient (Wildman–Crippen LogP) is 3.28. The molecule has 0 saturated carbocycles. The van der Waals surface area contributed by atoms with E-state index in [1.165, 1.54) is 0 Å². The zero-order chi connectivity index (χ0) is 18.1. The van der Waals surface area contributed by atoms with E-state index in [9.17, 15) is 9.59 Å². The van der Waals surface area contributed by atoms with Gasteiger partial charge in [0, 0.05) is 5.69 Å². The quantitative estimate of drug-likeness (QED) is 0.745. The van der Waals surface area contributed by atoms with Gasteiger partial charge in [0.1, 0.15) is 0 Å². The molecule has 0 fully saturated rings. The fraction of sp³-hybridized carbons (Fsp3) is 0.263. The van der Waals surface area contributed by atoms with Crippen molar-refractivity contribution < 1.29 is 23.8 Å². The van der Waals surface area contributed by atoms with Crippen molar-refractivity contribution in [2.24, 2.45) is 0 Å². The number of hydrogen-bond acceptors (Lipinski definition) is 5. The Morgan fingerprint density at radius 2 is 1.64 bits per heavy atom. The third-order valence-electron chi connectivity index (χ3n) is 3.17. The summed E-state index contributed by atoms with van der Waals surface area (Å²) < 4.78 is 15.9. The molecule has 2 aromatic rings. The van der Waals surface area contributed by atoms with Crippen LogP contribution in [0.1, 0.15) is 24.2 Å². The first kappa shape index (κ1) is 18.3. The van der Waals surface area contributed by atoms with E-state index in [-0.39, 0.29) is 12.5 Å². The van der Waals surface area contributed by atoms with E-state index in [1.54, 1.807) is 49.4 Å². The van der Waals surface area contributed by atoms with Crippen molar-refractivity contribution in [3.63, 3.8) is 0 Å². The maximum atomic E-state index is 12.1. The van der Waals surface area contributed by atoms with E-state index in [2.05, 4.69) is 5.32 Å². The molecular weight excluding hydrogens is 322 g/mol. The van der Waals surface area contributed by atoms with Crippen LogP contribution >= 0.6 is 0 Å². The predicted molar refractivity (Wildman–Crippen MR) is 94.1 cm³/mol. The molecule has 0 unspecified atom stereocenters. The summed E-state index contributed by atoms with van der Waals surface area (Å²) in [5, 5.41) is 2.69. The van der Waals surface area contributed by atoms with Gasteiger partial charge < -0.3 is 19.5 Å². The smallest absolute Gasteiger partial charge is 0.338 e. The van der Waals surface area contributed by atoms with Gasteiger partial charge in [-0.05, 0) is 44.2 Å². The topological polar surface area (TPSA) is 73.9 Å². The Morgan fingerprint density at radius 1 is 0.920 bits per heavy atom. The van der Waals surface area contributed by atoms with Crippen molar-refractivity contribution in [1.29, 1.82) is 0 Å². The molecule has 2 aromatic carbocycles. The van der Waals surface area contributed by atoms with Gasteiger partial charge in [0.15, 0.2) is 18.1 Å². The van der Waals surface area contributed by atoms with E-state index in [4.69, 9.17) is 14.2 Å². The minimum absolute atomic E-state index is 0.173. The molecule has 0 aliphatic rings. The summed E-state index contributed by atoms with van der Waals surface area (Å²) in [5.74, 6) is 0.315. The largest absolute Gasteiger partial charge is 0.490 e. The first-order valence-corrected chi connectivity index (χ1v) is 8.05. The van der Waals surface area contributed by atoms with Crippen molar-refractivity contribution in [3.8, 4) is 11.5 Å². The molecule has 0 heterocycles. The monoisotopic (exact) mass is 343 g/mol. The number of ether oxygens (including phenoxy) is 3. The second-order valence-corrected chi connectivity index (χ2v) is 5.02. The van der Waals surface area contributed by atoms with E-state index in [1.807, 2.05) is 13.0 Å². The Hall–Kier alpha value is -3.02. The van der Waals surface area contributed by atoms with Gasteiger partial charge in [-0.15, -0.1) is 0 Å². The van der Waals surface area contributed by atoms with Crippen molar-refractivity contribution in [2.45, 2.75) is 13.8 Å². The molecule has 0 atom stereocenters. The van der Waals surface area contributed by atoms with E-state index >= 15 is 0 Å². The zero-order valence-electron chi connectivity index (χ0n) is 14.3. The number of esters is 1. The molecule has 0 saturated heterocycles. The second kappa shape index (κ2) is 9.32. The fourth-order valence-electron chi connectivity index (χ4n) is 2.12. The lowest BCUT2D eigenvalue weighted by molar-refractivity contribution is -0.118. The minimum atomic E-state index is -0.430. The summed E-state index contributed by atoms with van der Waals surface area (Å²) in [6, 6.07) is 13.7. The Morgan fingerprint density at radius 3 is 2.32 bits per heavy atom. The normalized spacial score (nSPS) is 10.0. The molecule has 0 bridgehead atoms. The maximum Gasteiger partial charge on any atom is 0.338 e. The van der Waals surface area contributed by atoms with Crippen LogP contribution in [0.25, 0.3) is 0 Å². The van der Waals surface area contributed by atoms with Crippen LogP contribution < -0.4 is 14.8 Å². The summed E-state index contributed by atoms with van der Waals surface area (Å²) >= 11 is 0. The van der Waals surface area contributed by atoms with Crippen LogP contribution in [0.15, 0.2) is 48.5 Å². The van der Waals surface area contributed by atoms with Crippen LogP contribution in [0.2, 0.25) is 0 Å². The van der Waals surface area contributed by atoms with Gasteiger partial charge in [0.2, 0.25) is 0 Å². The summed E-state index contributed by atoms with van der Waals surface area (Å²) in [7, 11) is 0. The van der Waals surface area contributed by atoms with Crippen LogP contribution in [0, 0.1) is 0 Å². The van der Waals surface area contributed by atoms with E-state index in [0.717, 1.165) is 0 Å². The fourth-order valence-corrected chi connectivity index (χ4v) is 2.12. The third-order valence-corrected chi connectivity index (χ3v) is 3.17. The molecular formula is C19H21NO5. The highest BCUT2D eigenvalue weighted by Gasteiger charge is 2.10. The second-order valence-electron chi connectivity index (χ2n) is 5.02. The lowest BCUT2D eigenvalue weighted by Crippen LogP contribution is -2.20. The number of anilines is 1. The summed E-state index contributed by atoms with van der Waals surface area (Å²) in [6.07, 6.45) is 0. The van der Waals surface area contributed by atoms with Gasteiger partial charge in [-0.2, -0.15) is 0 Å². The molecule has 25 heavy (non-hydrogen) atoms. The number of para-hydroxylation sites is 2. The Kier molecular flexibility index (Phi) is 6.83. The molecule has 2 rings (SSSR count). The number of amides is 1. The number of carbonyl (C=O) groups excluding carboxylic acids is 2. The van der Waals surface area contributed by atoms with Gasteiger partial charge in [-0.3, -0.25) is 4.79 Å². The number of hydrogen-bond donors (Lipinski definition) is 1. The average Bonchev–Trinajstić information content (AvgIpc) is 2.62. The highest BCUT2D eigenvalue weighted by molar-refractivity contribution is 5.95. The van der Waals surface area contributed by atoms with Gasteiger partial charge >= 0.3 is 5.97 Å². The third kappa shape index (κ3) is 5.53. The maximum absolute atomic E-state index is 12.1. The Labute approximate surface area is 146 Å². The van der Waals surface area contributed by atoms with Crippen molar-refractivity contribution in [1.82, 2.24) is 0 Å². The van der Waals surface area contributed by atoms with Gasteiger partial charge in [0.05, 0.1) is 18.8 Å². The highest BCUT2D eigenvalue weighted by Crippen LogP contribution is 2.26. The number of nitrogens with one attached hydrogen (secondary N) is 1. The van der Waals surface area contributed by atoms with Crippen molar-refractivity contribution in [2.75, 3.05) is 25.1 Å². The molecule has 1 amide bonds. The van der Waals surface area contributed by atoms with Gasteiger partial charge in [-0.25, -0.2) is 4.79 Å². The number of rotatable bonds is 8. The molecule has 0 aromatic heterocycles. The Bertz CT molecular complexity index is 729. The van der Waals surface area contributed by atoms with Crippen LogP contribution in [-0.2, 0) is 9.53 Å². The molecule has 0 aliphatic heterocycles. The van der Waals surface area contributed by atoms with Crippen LogP contribution in [0.3, 0.4) is 0 Å². The molecule has 6 heteroatoms. The van der Waals surface area contributed by atoms with Gasteiger partial charge in [0.25, 0.3) is 5.91 Å². The molecule has 0 aliphatic carbocycles. The van der Waals surface area contributed by atoms with Crippen LogP contribution in [0.4, 0.5) is 5.69 Å².